The van der Waals surface area contributed by atoms with Crippen LogP contribution in [0.25, 0.3) is 5.57 Å². The van der Waals surface area contributed by atoms with Crippen molar-refractivity contribution >= 4 is 11.3 Å². The monoisotopic (exact) mass is 179 g/mol. The van der Waals surface area contributed by atoms with E-state index in [-0.39, 0.29) is 5.48 Å². The second kappa shape index (κ2) is 5.38. The highest BCUT2D eigenvalue weighted by molar-refractivity contribution is 5.73. The van der Waals surface area contributed by atoms with Crippen molar-refractivity contribution < 1.29 is 5.48 Å². The van der Waals surface area contributed by atoms with Crippen molar-refractivity contribution in [3.8, 4) is 0 Å². The minimum atomic E-state index is 0. The van der Waals surface area contributed by atoms with E-state index < -0.39 is 0 Å². The Morgan fingerprint density at radius 2 is 2.00 bits per heavy atom. The smallest absolute Gasteiger partial charge is 0.0416 e. The van der Waals surface area contributed by atoms with Gasteiger partial charge in [0.1, 0.15) is 0 Å². The molecule has 0 radical (unpaired) electrons. The Balaban J connectivity index is 0.00000144. The minimum absolute atomic E-state index is 0. The molecule has 0 amide bonds. The number of hydrogen-bond acceptors (Lipinski definition) is 1. The molecule has 1 aromatic carbocycles. The lowest BCUT2D eigenvalue weighted by molar-refractivity contribution is 0.824. The summed E-state index contributed by atoms with van der Waals surface area (Å²) >= 11 is 0. The zero-order valence-electron chi connectivity index (χ0n) is 8.22. The van der Waals surface area contributed by atoms with Gasteiger partial charge in [0.15, 0.2) is 0 Å². The normalized spacial score (nSPS) is 8.77. The van der Waals surface area contributed by atoms with Crippen LogP contribution >= 0.6 is 0 Å². The van der Waals surface area contributed by atoms with Crippen molar-refractivity contribution in [2.24, 2.45) is 0 Å². The summed E-state index contributed by atoms with van der Waals surface area (Å²) in [5.41, 5.74) is 3.48. The van der Waals surface area contributed by atoms with Gasteiger partial charge in [-0.1, -0.05) is 24.8 Å². The van der Waals surface area contributed by atoms with Crippen LogP contribution in [-0.2, 0) is 0 Å². The Bertz CT molecular complexity index is 281. The molecule has 0 heterocycles. The molecule has 0 unspecified atom stereocenters. The van der Waals surface area contributed by atoms with Gasteiger partial charge in [-0.05, 0) is 31.1 Å². The summed E-state index contributed by atoms with van der Waals surface area (Å²) in [6.45, 7) is 8.99. The predicted molar refractivity (Wildman–Crippen MR) is 58.9 cm³/mol. The molecule has 0 bridgehead atoms. The average Bonchev–Trinajstić information content (AvgIpc) is 2.05. The standard InChI is InChI=1S/C11H15N.H2O/c1-4-12-11-8-6-5-7-10(11)9(2)3;/h5-8,12H,2,4H2,1,3H3;1H2. The first kappa shape index (κ1) is 11.7. The molecular weight excluding hydrogens is 162 g/mol. The van der Waals surface area contributed by atoms with E-state index in [1.54, 1.807) is 0 Å². The van der Waals surface area contributed by atoms with Crippen LogP contribution in [0.1, 0.15) is 19.4 Å². The lowest BCUT2D eigenvalue weighted by Crippen LogP contribution is -1.98. The Kier molecular flexibility index (Phi) is 4.85. The summed E-state index contributed by atoms with van der Waals surface area (Å²) in [5.74, 6) is 0. The molecule has 1 aromatic rings. The molecule has 1 rings (SSSR count). The third-order valence-corrected chi connectivity index (χ3v) is 1.75. The molecule has 3 N–H and O–H groups in total. The SMILES string of the molecule is C=C(C)c1ccccc1NCC.O. The number of para-hydroxylation sites is 1. The van der Waals surface area contributed by atoms with E-state index in [0.29, 0.717) is 0 Å². The van der Waals surface area contributed by atoms with E-state index in [4.69, 9.17) is 0 Å². The van der Waals surface area contributed by atoms with Crippen molar-refractivity contribution in [2.45, 2.75) is 13.8 Å². The van der Waals surface area contributed by atoms with Crippen LogP contribution in [0.4, 0.5) is 5.69 Å². The highest BCUT2D eigenvalue weighted by Gasteiger charge is 1.98. The lowest BCUT2D eigenvalue weighted by atomic mass is 10.1. The third kappa shape index (κ3) is 2.92. The van der Waals surface area contributed by atoms with Crippen LogP contribution in [0.3, 0.4) is 0 Å². The minimum Gasteiger partial charge on any atom is -0.412 e. The van der Waals surface area contributed by atoms with Crippen LogP contribution in [0.5, 0.6) is 0 Å². The fourth-order valence-electron chi connectivity index (χ4n) is 1.20. The molecule has 0 atom stereocenters. The Morgan fingerprint density at radius 3 is 2.54 bits per heavy atom. The van der Waals surface area contributed by atoms with Gasteiger partial charge in [-0.15, -0.1) is 0 Å². The quantitative estimate of drug-likeness (QED) is 0.760. The summed E-state index contributed by atoms with van der Waals surface area (Å²) < 4.78 is 0. The largest absolute Gasteiger partial charge is 0.412 e. The molecule has 72 valence electrons. The van der Waals surface area contributed by atoms with Crippen molar-refractivity contribution in [3.63, 3.8) is 0 Å². The Labute approximate surface area is 79.6 Å². The average molecular weight is 179 g/mol. The van der Waals surface area contributed by atoms with Gasteiger partial charge in [-0.3, -0.25) is 0 Å². The van der Waals surface area contributed by atoms with Crippen molar-refractivity contribution in [2.75, 3.05) is 11.9 Å². The number of nitrogens with one attached hydrogen (secondary N) is 1. The summed E-state index contributed by atoms with van der Waals surface area (Å²) in [4.78, 5) is 0. The highest BCUT2D eigenvalue weighted by Crippen LogP contribution is 2.21. The molecule has 0 aliphatic rings. The maximum atomic E-state index is 3.93. The van der Waals surface area contributed by atoms with Crippen LogP contribution in [0.15, 0.2) is 30.8 Å². The molecule has 0 aliphatic carbocycles. The van der Waals surface area contributed by atoms with Gasteiger partial charge < -0.3 is 10.8 Å². The van der Waals surface area contributed by atoms with Gasteiger partial charge in [-0.25, -0.2) is 0 Å². The summed E-state index contributed by atoms with van der Waals surface area (Å²) in [6.07, 6.45) is 0. The fraction of sp³-hybridized carbons (Fsp3) is 0.273. The number of rotatable bonds is 3. The van der Waals surface area contributed by atoms with Crippen LogP contribution < -0.4 is 5.32 Å². The number of hydrogen-bond donors (Lipinski definition) is 1. The second-order valence-corrected chi connectivity index (χ2v) is 2.86. The molecule has 2 heteroatoms. The molecule has 2 nitrogen and oxygen atoms in total. The topological polar surface area (TPSA) is 43.5 Å². The van der Waals surface area contributed by atoms with Gasteiger partial charge in [0.25, 0.3) is 0 Å². The van der Waals surface area contributed by atoms with E-state index in [2.05, 4.69) is 31.0 Å². The number of benzene rings is 1. The maximum absolute atomic E-state index is 3.93. The van der Waals surface area contributed by atoms with Gasteiger partial charge in [-0.2, -0.15) is 0 Å². The van der Waals surface area contributed by atoms with Gasteiger partial charge in [0.05, 0.1) is 0 Å². The van der Waals surface area contributed by atoms with Gasteiger partial charge in [0.2, 0.25) is 0 Å². The number of anilines is 1. The van der Waals surface area contributed by atoms with E-state index in [0.717, 1.165) is 12.1 Å². The van der Waals surface area contributed by atoms with Crippen LogP contribution in [0.2, 0.25) is 0 Å². The molecule has 0 spiro atoms. The van der Waals surface area contributed by atoms with Crippen molar-refractivity contribution in [3.05, 3.63) is 36.4 Å². The van der Waals surface area contributed by atoms with E-state index in [9.17, 15) is 0 Å². The molecule has 0 aromatic heterocycles. The first-order valence-corrected chi connectivity index (χ1v) is 4.24. The van der Waals surface area contributed by atoms with E-state index in [1.165, 1.54) is 11.3 Å². The van der Waals surface area contributed by atoms with Gasteiger partial charge in [0, 0.05) is 12.2 Å². The van der Waals surface area contributed by atoms with Crippen molar-refractivity contribution in [1.29, 1.82) is 0 Å². The summed E-state index contributed by atoms with van der Waals surface area (Å²) in [6, 6.07) is 8.23. The lowest BCUT2D eigenvalue weighted by Gasteiger charge is -2.09. The van der Waals surface area contributed by atoms with Crippen molar-refractivity contribution in [1.82, 2.24) is 0 Å². The summed E-state index contributed by atoms with van der Waals surface area (Å²) in [5, 5.41) is 3.30. The molecule has 0 aliphatic heterocycles. The molecular formula is C11H17NO. The molecule has 0 fully saturated rings. The molecule has 0 saturated carbocycles. The first-order chi connectivity index (χ1) is 5.75. The third-order valence-electron chi connectivity index (χ3n) is 1.75. The Hall–Kier alpha value is -1.28. The van der Waals surface area contributed by atoms with Gasteiger partial charge >= 0.3 is 0 Å². The zero-order chi connectivity index (χ0) is 8.97. The fourth-order valence-corrected chi connectivity index (χ4v) is 1.20. The first-order valence-electron chi connectivity index (χ1n) is 4.24. The summed E-state index contributed by atoms with van der Waals surface area (Å²) in [7, 11) is 0. The Morgan fingerprint density at radius 1 is 1.38 bits per heavy atom. The van der Waals surface area contributed by atoms with Crippen LogP contribution in [0, 0.1) is 0 Å². The van der Waals surface area contributed by atoms with E-state index >= 15 is 0 Å². The maximum Gasteiger partial charge on any atom is 0.0416 e. The highest BCUT2D eigenvalue weighted by atomic mass is 16.0. The number of allylic oxidation sites excluding steroid dienone is 1. The zero-order valence-corrected chi connectivity index (χ0v) is 8.22. The van der Waals surface area contributed by atoms with E-state index in [1.807, 2.05) is 19.1 Å². The predicted octanol–water partition coefficient (Wildman–Crippen LogP) is 2.33. The van der Waals surface area contributed by atoms with Crippen LogP contribution in [-0.4, -0.2) is 12.0 Å². The second-order valence-electron chi connectivity index (χ2n) is 2.86. The molecule has 13 heavy (non-hydrogen) atoms. The molecule has 0 saturated heterocycles.